The maximum Gasteiger partial charge on any atom is 0.330 e. The van der Waals surface area contributed by atoms with E-state index >= 15 is 0 Å². The molecule has 0 aliphatic heterocycles. The van der Waals surface area contributed by atoms with Gasteiger partial charge in [0.25, 0.3) is 5.56 Å². The van der Waals surface area contributed by atoms with E-state index in [1.807, 2.05) is 0 Å². The zero-order valence-corrected chi connectivity index (χ0v) is 12.2. The number of nitrogens with one attached hydrogen (secondary N) is 2. The summed E-state index contributed by atoms with van der Waals surface area (Å²) in [6.07, 6.45) is 0.788. The molecule has 0 radical (unpaired) electrons. The van der Waals surface area contributed by atoms with Crippen molar-refractivity contribution in [3.63, 3.8) is 0 Å². The predicted octanol–water partition coefficient (Wildman–Crippen LogP) is -1.17. The Morgan fingerprint density at radius 2 is 2.19 bits per heavy atom. The van der Waals surface area contributed by atoms with Gasteiger partial charge >= 0.3 is 5.69 Å². The number of nitrogens with zero attached hydrogens (tertiary/aromatic N) is 3. The molecule has 0 atom stereocenters. The number of nitrogens with two attached hydrogens (primary N) is 1. The van der Waals surface area contributed by atoms with Crippen molar-refractivity contribution in [1.82, 2.24) is 19.1 Å². The molecule has 2 aromatic rings. The van der Waals surface area contributed by atoms with Crippen LogP contribution in [0.25, 0.3) is 11.2 Å². The van der Waals surface area contributed by atoms with Crippen molar-refractivity contribution in [2.24, 2.45) is 12.8 Å². The van der Waals surface area contributed by atoms with Gasteiger partial charge in [-0.2, -0.15) is 4.98 Å². The van der Waals surface area contributed by atoms with Crippen LogP contribution in [0.3, 0.4) is 0 Å². The van der Waals surface area contributed by atoms with Crippen LogP contribution in [0.15, 0.2) is 9.59 Å². The van der Waals surface area contributed by atoms with E-state index in [2.05, 4.69) is 15.3 Å². The van der Waals surface area contributed by atoms with Gasteiger partial charge in [0.15, 0.2) is 11.2 Å². The molecule has 0 amide bonds. The average Bonchev–Trinajstić information content (AvgIpc) is 2.77. The summed E-state index contributed by atoms with van der Waals surface area (Å²) in [5.41, 5.74) is 5.20. The third-order valence-corrected chi connectivity index (χ3v) is 3.20. The second-order valence-corrected chi connectivity index (χ2v) is 4.64. The van der Waals surface area contributed by atoms with E-state index in [0.717, 1.165) is 6.42 Å². The molecule has 0 unspecified atom stereocenters. The fraction of sp³-hybridized carbons (Fsp3) is 0.583. The molecule has 0 aromatic carbocycles. The van der Waals surface area contributed by atoms with Crippen molar-refractivity contribution < 1.29 is 4.74 Å². The lowest BCUT2D eigenvalue weighted by Gasteiger charge is -2.05. The predicted molar refractivity (Wildman–Crippen MR) is 79.6 cm³/mol. The zero-order valence-electron chi connectivity index (χ0n) is 12.2. The Balaban J connectivity index is 2.51. The van der Waals surface area contributed by atoms with Crippen LogP contribution in [-0.4, -0.2) is 45.9 Å². The molecule has 0 saturated carbocycles. The number of aromatic amines is 1. The quantitative estimate of drug-likeness (QED) is 0.554. The van der Waals surface area contributed by atoms with Crippen LogP contribution in [0.4, 0.5) is 5.95 Å². The van der Waals surface area contributed by atoms with Crippen molar-refractivity contribution in [3.05, 3.63) is 20.8 Å². The summed E-state index contributed by atoms with van der Waals surface area (Å²) in [5, 5.41) is 3.11. The van der Waals surface area contributed by atoms with Crippen LogP contribution in [-0.2, 0) is 18.3 Å². The molecule has 0 fully saturated rings. The molecular formula is C12H20N6O3. The van der Waals surface area contributed by atoms with E-state index in [1.165, 1.54) is 4.57 Å². The number of methoxy groups -OCH3 is 1. The average molecular weight is 296 g/mol. The number of rotatable bonds is 7. The van der Waals surface area contributed by atoms with Crippen LogP contribution >= 0.6 is 0 Å². The minimum atomic E-state index is -0.490. The summed E-state index contributed by atoms with van der Waals surface area (Å²) in [6, 6.07) is 0. The van der Waals surface area contributed by atoms with Crippen molar-refractivity contribution in [3.8, 4) is 0 Å². The SMILES string of the molecule is COCCn1c(=O)[nH]c(=O)c2c1nc(NCCCN)n2C. The maximum atomic E-state index is 12.0. The van der Waals surface area contributed by atoms with E-state index in [0.29, 0.717) is 43.4 Å². The lowest BCUT2D eigenvalue weighted by molar-refractivity contribution is 0.187. The third kappa shape index (κ3) is 2.98. The van der Waals surface area contributed by atoms with Crippen LogP contribution in [0.1, 0.15) is 6.42 Å². The molecule has 21 heavy (non-hydrogen) atoms. The highest BCUT2D eigenvalue weighted by molar-refractivity contribution is 5.73. The number of aryl methyl sites for hydroxylation is 1. The van der Waals surface area contributed by atoms with Gasteiger partial charge in [-0.05, 0) is 13.0 Å². The molecule has 0 aliphatic rings. The Morgan fingerprint density at radius 1 is 1.43 bits per heavy atom. The Labute approximate surface area is 120 Å². The first-order valence-corrected chi connectivity index (χ1v) is 6.72. The van der Waals surface area contributed by atoms with Gasteiger partial charge in [0.05, 0.1) is 13.2 Å². The molecule has 0 saturated heterocycles. The minimum absolute atomic E-state index is 0.321. The molecule has 2 aromatic heterocycles. The van der Waals surface area contributed by atoms with E-state index in [9.17, 15) is 9.59 Å². The second kappa shape index (κ2) is 6.55. The minimum Gasteiger partial charge on any atom is -0.383 e. The summed E-state index contributed by atoms with van der Waals surface area (Å²) >= 11 is 0. The fourth-order valence-corrected chi connectivity index (χ4v) is 2.10. The lowest BCUT2D eigenvalue weighted by atomic mass is 10.4. The molecular weight excluding hydrogens is 276 g/mol. The van der Waals surface area contributed by atoms with E-state index in [-0.39, 0.29) is 0 Å². The van der Waals surface area contributed by atoms with Gasteiger partial charge in [-0.25, -0.2) is 4.79 Å². The van der Waals surface area contributed by atoms with Gasteiger partial charge in [0.2, 0.25) is 5.95 Å². The van der Waals surface area contributed by atoms with Gasteiger partial charge < -0.3 is 20.4 Å². The maximum absolute atomic E-state index is 12.0. The van der Waals surface area contributed by atoms with E-state index in [4.69, 9.17) is 10.5 Å². The molecule has 9 nitrogen and oxygen atoms in total. The lowest BCUT2D eigenvalue weighted by Crippen LogP contribution is -2.32. The molecule has 4 N–H and O–H groups in total. The first-order valence-electron chi connectivity index (χ1n) is 6.72. The number of aromatic nitrogens is 4. The fourth-order valence-electron chi connectivity index (χ4n) is 2.10. The molecule has 0 spiro atoms. The summed E-state index contributed by atoms with van der Waals surface area (Å²) in [4.78, 5) is 30.5. The molecule has 2 rings (SSSR count). The van der Waals surface area contributed by atoms with Gasteiger partial charge in [-0.15, -0.1) is 0 Å². The van der Waals surface area contributed by atoms with Crippen LogP contribution in [0, 0.1) is 0 Å². The Kier molecular flexibility index (Phi) is 4.76. The standard InChI is InChI=1S/C12H20N6O3/c1-17-8-9(15-11(17)14-5-3-4-13)18(6-7-21-2)12(20)16-10(8)19/h3-7,13H2,1-2H3,(H,14,15)(H,16,19,20). The zero-order chi connectivity index (χ0) is 15.4. The summed E-state index contributed by atoms with van der Waals surface area (Å²) in [6.45, 7) is 1.89. The summed E-state index contributed by atoms with van der Waals surface area (Å²) in [7, 11) is 3.27. The molecule has 2 heterocycles. The highest BCUT2D eigenvalue weighted by atomic mass is 16.5. The molecule has 0 aliphatic carbocycles. The molecule has 116 valence electrons. The van der Waals surface area contributed by atoms with Crippen LogP contribution < -0.4 is 22.3 Å². The van der Waals surface area contributed by atoms with Crippen LogP contribution in [0.5, 0.6) is 0 Å². The smallest absolute Gasteiger partial charge is 0.330 e. The van der Waals surface area contributed by atoms with Crippen molar-refractivity contribution in [1.29, 1.82) is 0 Å². The molecule has 0 bridgehead atoms. The first kappa shape index (κ1) is 15.3. The van der Waals surface area contributed by atoms with Gasteiger partial charge in [-0.1, -0.05) is 0 Å². The highest BCUT2D eigenvalue weighted by Crippen LogP contribution is 2.13. The number of hydrogen-bond acceptors (Lipinski definition) is 6. The summed E-state index contributed by atoms with van der Waals surface area (Å²) < 4.78 is 8.01. The normalized spacial score (nSPS) is 11.2. The Bertz CT molecular complexity index is 729. The second-order valence-electron chi connectivity index (χ2n) is 4.64. The first-order chi connectivity index (χ1) is 10.1. The number of H-pyrrole nitrogens is 1. The van der Waals surface area contributed by atoms with Gasteiger partial charge in [0, 0.05) is 20.7 Å². The van der Waals surface area contributed by atoms with Gasteiger partial charge in [-0.3, -0.25) is 14.3 Å². The van der Waals surface area contributed by atoms with Gasteiger partial charge in [0.1, 0.15) is 0 Å². The Morgan fingerprint density at radius 3 is 2.86 bits per heavy atom. The van der Waals surface area contributed by atoms with Crippen LogP contribution in [0.2, 0.25) is 0 Å². The third-order valence-electron chi connectivity index (χ3n) is 3.20. The van der Waals surface area contributed by atoms with Crippen molar-refractivity contribution in [2.45, 2.75) is 13.0 Å². The number of imidazole rings is 1. The number of ether oxygens (including phenoxy) is 1. The van der Waals surface area contributed by atoms with Crippen molar-refractivity contribution >= 4 is 17.1 Å². The highest BCUT2D eigenvalue weighted by Gasteiger charge is 2.15. The molecule has 9 heteroatoms. The Hall–Kier alpha value is -2.13. The monoisotopic (exact) mass is 296 g/mol. The van der Waals surface area contributed by atoms with E-state index in [1.54, 1.807) is 18.7 Å². The largest absolute Gasteiger partial charge is 0.383 e. The van der Waals surface area contributed by atoms with E-state index < -0.39 is 11.2 Å². The number of hydrogen-bond donors (Lipinski definition) is 3. The van der Waals surface area contributed by atoms with Crippen molar-refractivity contribution in [2.75, 3.05) is 32.1 Å². The summed E-state index contributed by atoms with van der Waals surface area (Å²) in [5.74, 6) is 0.528. The topological polar surface area (TPSA) is 120 Å². The number of fused-ring (bicyclic) bond motifs is 1. The number of anilines is 1.